The number of hydrogen-bond donors (Lipinski definition) is 2. The molecule has 2 aromatic carbocycles. The molecule has 2 amide bonds. The van der Waals surface area contributed by atoms with E-state index in [-0.39, 0.29) is 12.5 Å². The second kappa shape index (κ2) is 11.5. The minimum Gasteiger partial charge on any atom is -0.445 e. The number of carbonyl (C=O) groups excluding carboxylic acids is 2. The first-order valence-electron chi connectivity index (χ1n) is 8.69. The van der Waals surface area contributed by atoms with E-state index in [2.05, 4.69) is 10.6 Å². The second-order valence-electron chi connectivity index (χ2n) is 5.97. The molecule has 7 heteroatoms. The number of amides is 2. The summed E-state index contributed by atoms with van der Waals surface area (Å²) in [4.78, 5) is 23.4. The van der Waals surface area contributed by atoms with Gasteiger partial charge in [-0.25, -0.2) is 4.79 Å². The molecular weight excluding hydrogens is 387 g/mol. The van der Waals surface area contributed by atoms with E-state index in [1.807, 2.05) is 42.5 Å². The summed E-state index contributed by atoms with van der Waals surface area (Å²) in [5, 5.41) is 6.62. The first kappa shape index (κ1) is 21.1. The average Bonchev–Trinajstić information content (AvgIpc) is 2.64. The van der Waals surface area contributed by atoms with Gasteiger partial charge < -0.3 is 15.4 Å². The summed E-state index contributed by atoms with van der Waals surface area (Å²) in [5.41, 5.74) is 1.89. The van der Waals surface area contributed by atoms with Crippen molar-refractivity contribution >= 4 is 35.2 Å². The van der Waals surface area contributed by atoms with Gasteiger partial charge in [-0.2, -0.15) is 0 Å². The molecule has 5 nitrogen and oxygen atoms in total. The van der Waals surface area contributed by atoms with E-state index in [9.17, 15) is 9.59 Å². The molecular formula is C20H22Cl2N2O3. The molecule has 2 rings (SSSR count). The maximum atomic E-state index is 11.8. The molecule has 0 bridgehead atoms. The third-order valence-corrected chi connectivity index (χ3v) is 4.16. The second-order valence-corrected chi connectivity index (χ2v) is 6.84. The molecule has 0 radical (unpaired) electrons. The van der Waals surface area contributed by atoms with Crippen LogP contribution in [-0.2, 0) is 22.6 Å². The molecule has 0 unspecified atom stereocenters. The van der Waals surface area contributed by atoms with Crippen LogP contribution in [0.15, 0.2) is 48.5 Å². The summed E-state index contributed by atoms with van der Waals surface area (Å²) >= 11 is 11.9. The lowest BCUT2D eigenvalue weighted by atomic mass is 10.1. The van der Waals surface area contributed by atoms with Crippen LogP contribution in [0.4, 0.5) is 4.79 Å². The number of halogens is 2. The van der Waals surface area contributed by atoms with Crippen LogP contribution in [0.25, 0.3) is 0 Å². The lowest BCUT2D eigenvalue weighted by Crippen LogP contribution is -2.28. The zero-order valence-electron chi connectivity index (χ0n) is 14.8. The van der Waals surface area contributed by atoms with E-state index in [4.69, 9.17) is 27.9 Å². The molecule has 0 aromatic heterocycles. The van der Waals surface area contributed by atoms with Gasteiger partial charge in [0, 0.05) is 29.6 Å². The van der Waals surface area contributed by atoms with Gasteiger partial charge in [0.1, 0.15) is 6.61 Å². The summed E-state index contributed by atoms with van der Waals surface area (Å²) in [6.45, 7) is 1.10. The standard InChI is InChI=1S/C20H22Cl2N2O3/c21-17-11-16(12-18(22)13-17)8-10-23-19(25)7-4-9-24-20(26)27-14-15-5-2-1-3-6-15/h1-3,5-6,11-13H,4,7-10,14H2,(H,23,25)(H,24,26). The minimum absolute atomic E-state index is 0.0671. The summed E-state index contributed by atoms with van der Waals surface area (Å²) in [5.74, 6) is -0.0671. The van der Waals surface area contributed by atoms with Crippen LogP contribution in [0.2, 0.25) is 10.0 Å². The van der Waals surface area contributed by atoms with Crippen molar-refractivity contribution in [3.05, 3.63) is 69.7 Å². The minimum atomic E-state index is -0.489. The van der Waals surface area contributed by atoms with Crippen molar-refractivity contribution in [3.63, 3.8) is 0 Å². The van der Waals surface area contributed by atoms with Crippen molar-refractivity contribution in [2.45, 2.75) is 25.9 Å². The smallest absolute Gasteiger partial charge is 0.407 e. The van der Waals surface area contributed by atoms with Crippen molar-refractivity contribution in [2.24, 2.45) is 0 Å². The fourth-order valence-corrected chi connectivity index (χ4v) is 2.97. The Morgan fingerprint density at radius 1 is 0.889 bits per heavy atom. The number of carbonyl (C=O) groups is 2. The zero-order valence-corrected chi connectivity index (χ0v) is 16.4. The first-order chi connectivity index (χ1) is 13.0. The van der Waals surface area contributed by atoms with Crippen molar-refractivity contribution in [1.29, 1.82) is 0 Å². The maximum Gasteiger partial charge on any atom is 0.407 e. The molecule has 144 valence electrons. The Bertz CT molecular complexity index is 734. The predicted molar refractivity (Wildman–Crippen MR) is 107 cm³/mol. The van der Waals surface area contributed by atoms with Gasteiger partial charge in [0.2, 0.25) is 5.91 Å². The Kier molecular flexibility index (Phi) is 8.95. The normalized spacial score (nSPS) is 10.3. The Labute approximate surface area is 169 Å². The van der Waals surface area contributed by atoms with Gasteiger partial charge in [0.15, 0.2) is 0 Å². The Morgan fingerprint density at radius 3 is 2.30 bits per heavy atom. The highest BCUT2D eigenvalue weighted by Crippen LogP contribution is 2.19. The highest BCUT2D eigenvalue weighted by Gasteiger charge is 2.05. The molecule has 0 fully saturated rings. The van der Waals surface area contributed by atoms with Crippen LogP contribution in [0, 0.1) is 0 Å². The van der Waals surface area contributed by atoms with Crippen LogP contribution < -0.4 is 10.6 Å². The van der Waals surface area contributed by atoms with Gasteiger partial charge in [0.05, 0.1) is 0 Å². The summed E-state index contributed by atoms with van der Waals surface area (Å²) in [7, 11) is 0. The highest BCUT2D eigenvalue weighted by atomic mass is 35.5. The molecule has 0 saturated carbocycles. The monoisotopic (exact) mass is 408 g/mol. The Hall–Kier alpha value is -2.24. The van der Waals surface area contributed by atoms with Crippen molar-refractivity contribution in [3.8, 4) is 0 Å². The number of benzene rings is 2. The van der Waals surface area contributed by atoms with E-state index in [1.54, 1.807) is 6.07 Å². The van der Waals surface area contributed by atoms with Crippen LogP contribution in [0.5, 0.6) is 0 Å². The largest absolute Gasteiger partial charge is 0.445 e. The quantitative estimate of drug-likeness (QED) is 0.605. The summed E-state index contributed by atoms with van der Waals surface area (Å²) < 4.78 is 5.10. The van der Waals surface area contributed by atoms with E-state index in [1.165, 1.54) is 0 Å². The van der Waals surface area contributed by atoms with Crippen molar-refractivity contribution in [1.82, 2.24) is 10.6 Å². The van der Waals surface area contributed by atoms with Gasteiger partial charge in [-0.1, -0.05) is 53.5 Å². The molecule has 2 N–H and O–H groups in total. The molecule has 0 aliphatic rings. The van der Waals surface area contributed by atoms with Gasteiger partial charge in [-0.15, -0.1) is 0 Å². The lowest BCUT2D eigenvalue weighted by Gasteiger charge is -2.08. The van der Waals surface area contributed by atoms with Crippen molar-refractivity contribution < 1.29 is 14.3 Å². The van der Waals surface area contributed by atoms with E-state index in [0.29, 0.717) is 42.4 Å². The van der Waals surface area contributed by atoms with Gasteiger partial charge in [-0.05, 0) is 42.2 Å². The number of nitrogens with one attached hydrogen (secondary N) is 2. The topological polar surface area (TPSA) is 67.4 Å². The maximum absolute atomic E-state index is 11.8. The Balaban J connectivity index is 1.53. The van der Waals surface area contributed by atoms with Crippen molar-refractivity contribution in [2.75, 3.05) is 13.1 Å². The first-order valence-corrected chi connectivity index (χ1v) is 9.45. The molecule has 27 heavy (non-hydrogen) atoms. The fourth-order valence-electron chi connectivity index (χ4n) is 2.40. The number of alkyl carbamates (subject to hydrolysis) is 1. The number of hydrogen-bond acceptors (Lipinski definition) is 3. The van der Waals surface area contributed by atoms with Crippen LogP contribution >= 0.6 is 23.2 Å². The van der Waals surface area contributed by atoms with Gasteiger partial charge in [-0.3, -0.25) is 4.79 Å². The third-order valence-electron chi connectivity index (χ3n) is 3.72. The van der Waals surface area contributed by atoms with Crippen LogP contribution in [0.1, 0.15) is 24.0 Å². The molecule has 2 aromatic rings. The van der Waals surface area contributed by atoms with Gasteiger partial charge in [0.25, 0.3) is 0 Å². The number of ether oxygens (including phenoxy) is 1. The van der Waals surface area contributed by atoms with Crippen LogP contribution in [-0.4, -0.2) is 25.1 Å². The molecule has 0 saturated heterocycles. The highest BCUT2D eigenvalue weighted by molar-refractivity contribution is 6.34. The van der Waals surface area contributed by atoms with Crippen LogP contribution in [0.3, 0.4) is 0 Å². The molecule has 0 aliphatic heterocycles. The third kappa shape index (κ3) is 8.80. The van der Waals surface area contributed by atoms with E-state index < -0.39 is 6.09 Å². The fraction of sp³-hybridized carbons (Fsp3) is 0.300. The molecule has 0 aliphatic carbocycles. The molecule has 0 heterocycles. The van der Waals surface area contributed by atoms with E-state index >= 15 is 0 Å². The molecule has 0 atom stereocenters. The summed E-state index contributed by atoms with van der Waals surface area (Å²) in [6, 6.07) is 14.8. The Morgan fingerprint density at radius 2 is 1.59 bits per heavy atom. The van der Waals surface area contributed by atoms with Gasteiger partial charge >= 0.3 is 6.09 Å². The number of rotatable bonds is 9. The summed E-state index contributed by atoms with van der Waals surface area (Å²) in [6.07, 6.45) is 1.03. The zero-order chi connectivity index (χ0) is 19.5. The SMILES string of the molecule is O=C(CCCNC(=O)OCc1ccccc1)NCCc1cc(Cl)cc(Cl)c1. The average molecular weight is 409 g/mol. The lowest BCUT2D eigenvalue weighted by molar-refractivity contribution is -0.121. The predicted octanol–water partition coefficient (Wildman–Crippen LogP) is 4.36. The molecule has 0 spiro atoms. The van der Waals surface area contributed by atoms with E-state index in [0.717, 1.165) is 11.1 Å².